The van der Waals surface area contributed by atoms with Crippen molar-refractivity contribution in [2.75, 3.05) is 31.0 Å². The summed E-state index contributed by atoms with van der Waals surface area (Å²) in [5, 5.41) is 3.01. The smallest absolute Gasteiger partial charge is 0.340 e. The second-order valence-corrected chi connectivity index (χ2v) is 6.27. The highest BCUT2D eigenvalue weighted by molar-refractivity contribution is 6.24. The molecule has 1 atom stereocenters. The largest absolute Gasteiger partial charge is 0.497 e. The highest BCUT2D eigenvalue weighted by atomic mass is 16.5. The van der Waals surface area contributed by atoms with Gasteiger partial charge in [-0.2, -0.15) is 0 Å². The fourth-order valence-electron chi connectivity index (χ4n) is 3.15. The van der Waals surface area contributed by atoms with E-state index in [0.29, 0.717) is 28.4 Å². The Bertz CT molecular complexity index is 943. The molecule has 1 aliphatic rings. The maximum atomic E-state index is 13.0. The fourth-order valence-corrected chi connectivity index (χ4v) is 3.15. The van der Waals surface area contributed by atoms with Gasteiger partial charge in [0.25, 0.3) is 5.91 Å². The van der Waals surface area contributed by atoms with Crippen LogP contribution in [0.25, 0.3) is 0 Å². The lowest BCUT2D eigenvalue weighted by molar-refractivity contribution is -0.121. The van der Waals surface area contributed by atoms with E-state index in [1.165, 1.54) is 14.2 Å². The van der Waals surface area contributed by atoms with Gasteiger partial charge in [0.15, 0.2) is 0 Å². The molecule has 2 aromatic rings. The van der Waals surface area contributed by atoms with Crippen LogP contribution >= 0.6 is 0 Å². The van der Waals surface area contributed by atoms with E-state index in [4.69, 9.17) is 14.2 Å². The summed E-state index contributed by atoms with van der Waals surface area (Å²) in [6, 6.07) is 10.7. The van der Waals surface area contributed by atoms with Gasteiger partial charge in [-0.15, -0.1) is 0 Å². The fraction of sp³-hybridized carbons (Fsp3) is 0.286. The summed E-state index contributed by atoms with van der Waals surface area (Å²) < 4.78 is 15.5. The molecule has 0 saturated carbocycles. The lowest BCUT2D eigenvalue weighted by atomic mass is 10.1. The number of esters is 1. The predicted octanol–water partition coefficient (Wildman–Crippen LogP) is 2.62. The number of carbonyl (C=O) groups is 3. The lowest BCUT2D eigenvalue weighted by Crippen LogP contribution is -2.35. The van der Waals surface area contributed by atoms with Gasteiger partial charge in [0, 0.05) is 11.8 Å². The Kier molecular flexibility index (Phi) is 6.01. The average molecular weight is 398 g/mol. The Morgan fingerprint density at radius 1 is 1.14 bits per heavy atom. The summed E-state index contributed by atoms with van der Waals surface area (Å²) in [5.41, 5.74) is 1.07. The Morgan fingerprint density at radius 3 is 2.59 bits per heavy atom. The van der Waals surface area contributed by atoms with E-state index in [2.05, 4.69) is 5.32 Å². The van der Waals surface area contributed by atoms with Gasteiger partial charge in [0.05, 0.1) is 38.5 Å². The maximum absolute atomic E-state index is 13.0. The first-order valence-electron chi connectivity index (χ1n) is 9.11. The molecule has 0 spiro atoms. The van der Waals surface area contributed by atoms with Crippen LogP contribution in [0.4, 0.5) is 11.4 Å². The molecule has 0 aromatic heterocycles. The van der Waals surface area contributed by atoms with Crippen molar-refractivity contribution < 1.29 is 28.6 Å². The lowest BCUT2D eigenvalue weighted by Gasteiger charge is -2.19. The quantitative estimate of drug-likeness (QED) is 0.566. The second kappa shape index (κ2) is 8.64. The molecule has 152 valence electrons. The third-order valence-electron chi connectivity index (χ3n) is 4.53. The second-order valence-electron chi connectivity index (χ2n) is 6.27. The zero-order valence-electron chi connectivity index (χ0n) is 16.4. The number of amides is 2. The minimum Gasteiger partial charge on any atom is -0.497 e. The molecule has 0 unspecified atom stereocenters. The summed E-state index contributed by atoms with van der Waals surface area (Å²) >= 11 is 0. The van der Waals surface area contributed by atoms with Crippen molar-refractivity contribution in [2.45, 2.75) is 19.4 Å². The van der Waals surface area contributed by atoms with Crippen LogP contribution in [0.15, 0.2) is 42.5 Å². The highest BCUT2D eigenvalue weighted by Crippen LogP contribution is 2.35. The summed E-state index contributed by atoms with van der Waals surface area (Å²) in [6.07, 6.45) is -0.0504. The molecule has 8 nitrogen and oxygen atoms in total. The Hall–Kier alpha value is -3.55. The Balaban J connectivity index is 1.87. The summed E-state index contributed by atoms with van der Waals surface area (Å²) in [4.78, 5) is 38.9. The number of hydrogen-bond donors (Lipinski definition) is 1. The van der Waals surface area contributed by atoms with Crippen LogP contribution in [-0.2, 0) is 14.3 Å². The van der Waals surface area contributed by atoms with Gasteiger partial charge in [-0.3, -0.25) is 9.59 Å². The standard InChI is InChI=1S/C21H22N2O6/c1-4-29-21(26)14-7-5-6-8-15(14)22-16-12-19(24)23(20(16)25)17-10-9-13(27-2)11-18(17)28-3/h5-11,16,22H,4,12H2,1-3H3/t16-/m1/s1. The minimum atomic E-state index is -0.815. The van der Waals surface area contributed by atoms with E-state index in [9.17, 15) is 14.4 Å². The molecular weight excluding hydrogens is 376 g/mol. The number of rotatable bonds is 7. The molecule has 2 aromatic carbocycles. The van der Waals surface area contributed by atoms with Crippen LogP contribution in [0.2, 0.25) is 0 Å². The molecule has 0 bridgehead atoms. The van der Waals surface area contributed by atoms with Crippen LogP contribution in [0, 0.1) is 0 Å². The number of para-hydroxylation sites is 1. The molecule has 1 heterocycles. The number of benzene rings is 2. The first-order chi connectivity index (χ1) is 14.0. The monoisotopic (exact) mass is 398 g/mol. The molecule has 8 heteroatoms. The first-order valence-corrected chi connectivity index (χ1v) is 9.11. The third kappa shape index (κ3) is 4.01. The molecule has 1 fully saturated rings. The molecule has 1 N–H and O–H groups in total. The van der Waals surface area contributed by atoms with Gasteiger partial charge in [0.1, 0.15) is 17.5 Å². The topological polar surface area (TPSA) is 94.2 Å². The molecular formula is C21H22N2O6. The van der Waals surface area contributed by atoms with E-state index in [1.54, 1.807) is 49.4 Å². The summed E-state index contributed by atoms with van der Waals surface area (Å²) in [5.74, 6) is -0.413. The number of ether oxygens (including phenoxy) is 3. The molecule has 2 amide bonds. The average Bonchev–Trinajstić information content (AvgIpc) is 3.01. The summed E-state index contributed by atoms with van der Waals surface area (Å²) in [6.45, 7) is 1.95. The van der Waals surface area contributed by atoms with Gasteiger partial charge < -0.3 is 19.5 Å². The van der Waals surface area contributed by atoms with Crippen molar-refractivity contribution in [1.29, 1.82) is 0 Å². The van der Waals surface area contributed by atoms with Gasteiger partial charge in [-0.05, 0) is 31.2 Å². The van der Waals surface area contributed by atoms with Crippen molar-refractivity contribution in [3.8, 4) is 11.5 Å². The summed E-state index contributed by atoms with van der Waals surface area (Å²) in [7, 11) is 2.97. The van der Waals surface area contributed by atoms with Gasteiger partial charge >= 0.3 is 5.97 Å². The number of nitrogens with one attached hydrogen (secondary N) is 1. The van der Waals surface area contributed by atoms with Crippen LogP contribution in [0.3, 0.4) is 0 Å². The highest BCUT2D eigenvalue weighted by Gasteiger charge is 2.41. The van der Waals surface area contributed by atoms with Gasteiger partial charge in [-0.1, -0.05) is 12.1 Å². The Morgan fingerprint density at radius 2 is 1.90 bits per heavy atom. The van der Waals surface area contributed by atoms with E-state index in [-0.39, 0.29) is 18.9 Å². The molecule has 29 heavy (non-hydrogen) atoms. The zero-order chi connectivity index (χ0) is 21.0. The molecule has 1 saturated heterocycles. The van der Waals surface area contributed by atoms with Crippen molar-refractivity contribution in [1.82, 2.24) is 0 Å². The van der Waals surface area contributed by atoms with E-state index >= 15 is 0 Å². The third-order valence-corrected chi connectivity index (χ3v) is 4.53. The number of hydrogen-bond acceptors (Lipinski definition) is 7. The van der Waals surface area contributed by atoms with Crippen molar-refractivity contribution in [3.63, 3.8) is 0 Å². The van der Waals surface area contributed by atoms with Crippen molar-refractivity contribution >= 4 is 29.2 Å². The van der Waals surface area contributed by atoms with Crippen LogP contribution in [-0.4, -0.2) is 44.7 Å². The minimum absolute atomic E-state index is 0.0504. The predicted molar refractivity (Wildman–Crippen MR) is 106 cm³/mol. The number of methoxy groups -OCH3 is 2. The SMILES string of the molecule is CCOC(=O)c1ccccc1N[C@@H]1CC(=O)N(c2ccc(OC)cc2OC)C1=O. The number of imide groups is 1. The Labute approximate surface area is 168 Å². The van der Waals surface area contributed by atoms with E-state index < -0.39 is 17.9 Å². The van der Waals surface area contributed by atoms with Crippen molar-refractivity contribution in [2.24, 2.45) is 0 Å². The molecule has 0 radical (unpaired) electrons. The van der Waals surface area contributed by atoms with Crippen LogP contribution in [0.1, 0.15) is 23.7 Å². The van der Waals surface area contributed by atoms with Gasteiger partial charge in [-0.25, -0.2) is 9.69 Å². The number of nitrogens with zero attached hydrogens (tertiary/aromatic N) is 1. The molecule has 0 aliphatic carbocycles. The molecule has 3 rings (SSSR count). The van der Waals surface area contributed by atoms with E-state index in [0.717, 1.165) is 4.90 Å². The zero-order valence-corrected chi connectivity index (χ0v) is 16.4. The maximum Gasteiger partial charge on any atom is 0.340 e. The van der Waals surface area contributed by atoms with Gasteiger partial charge in [0.2, 0.25) is 5.91 Å². The normalized spacial score (nSPS) is 16.0. The van der Waals surface area contributed by atoms with Crippen LogP contribution in [0.5, 0.6) is 11.5 Å². The van der Waals surface area contributed by atoms with Crippen molar-refractivity contribution in [3.05, 3.63) is 48.0 Å². The van der Waals surface area contributed by atoms with E-state index in [1.807, 2.05) is 0 Å². The number of carbonyl (C=O) groups excluding carboxylic acids is 3. The van der Waals surface area contributed by atoms with Crippen LogP contribution < -0.4 is 19.7 Å². The number of anilines is 2. The first kappa shape index (κ1) is 20.2. The molecule has 1 aliphatic heterocycles.